The lowest BCUT2D eigenvalue weighted by molar-refractivity contribution is 0.380. The van der Waals surface area contributed by atoms with Gasteiger partial charge < -0.3 is 10.3 Å². The van der Waals surface area contributed by atoms with E-state index in [9.17, 15) is 0 Å². The number of benzene rings is 1. The van der Waals surface area contributed by atoms with Crippen molar-refractivity contribution in [3.63, 3.8) is 0 Å². The molecule has 0 saturated carbocycles. The Hall–Kier alpha value is -1.68. The van der Waals surface area contributed by atoms with Gasteiger partial charge in [-0.1, -0.05) is 37.2 Å². The van der Waals surface area contributed by atoms with Crippen LogP contribution in [-0.4, -0.2) is 10.1 Å². The van der Waals surface area contributed by atoms with Crippen LogP contribution < -0.4 is 5.73 Å². The summed E-state index contributed by atoms with van der Waals surface area (Å²) in [5, 5.41) is 4.01. The van der Waals surface area contributed by atoms with Crippen LogP contribution >= 0.6 is 0 Å². The molecule has 17 heavy (non-hydrogen) atoms. The molecule has 4 heteroatoms. The summed E-state index contributed by atoms with van der Waals surface area (Å²) in [6.07, 6.45) is 1.91. The number of nitrogens with zero attached hydrogens (tertiary/aromatic N) is 2. The lowest BCUT2D eigenvalue weighted by Crippen LogP contribution is -1.98. The van der Waals surface area contributed by atoms with Crippen LogP contribution in [0.25, 0.3) is 11.4 Å². The first kappa shape index (κ1) is 11.8. The predicted octanol–water partition coefficient (Wildman–Crippen LogP) is 2.32. The van der Waals surface area contributed by atoms with Crippen LogP contribution in [0.4, 0.5) is 0 Å². The van der Waals surface area contributed by atoms with Gasteiger partial charge in [0.1, 0.15) is 0 Å². The van der Waals surface area contributed by atoms with E-state index in [4.69, 9.17) is 10.3 Å². The summed E-state index contributed by atoms with van der Waals surface area (Å²) in [5.74, 6) is 1.13. The van der Waals surface area contributed by atoms with Crippen molar-refractivity contribution in [3.8, 4) is 11.4 Å². The zero-order valence-corrected chi connectivity index (χ0v) is 10.2. The summed E-state index contributed by atoms with van der Waals surface area (Å²) in [7, 11) is 0. The Morgan fingerprint density at radius 2 is 1.82 bits per heavy atom. The van der Waals surface area contributed by atoms with Gasteiger partial charge in [0, 0.05) is 5.56 Å². The molecule has 0 aliphatic rings. The van der Waals surface area contributed by atoms with Crippen LogP contribution in [0.15, 0.2) is 22.7 Å². The zero-order valence-electron chi connectivity index (χ0n) is 10.2. The van der Waals surface area contributed by atoms with Crippen molar-refractivity contribution in [3.05, 3.63) is 35.2 Å². The molecule has 2 rings (SSSR count). The molecule has 1 heterocycles. The number of hydrogen-bond acceptors (Lipinski definition) is 4. The van der Waals surface area contributed by atoms with Gasteiger partial charge in [0.15, 0.2) is 0 Å². The fraction of sp³-hybridized carbons (Fsp3) is 0.385. The van der Waals surface area contributed by atoms with E-state index in [1.165, 1.54) is 11.1 Å². The SMILES string of the molecule is CCc1cccc(CC)c1-c1noc(CN)n1. The minimum atomic E-state index is 0.281. The maximum Gasteiger partial charge on any atom is 0.240 e. The zero-order chi connectivity index (χ0) is 12.3. The Labute approximate surface area is 101 Å². The molecule has 4 nitrogen and oxygen atoms in total. The molecule has 1 aromatic heterocycles. The van der Waals surface area contributed by atoms with Crippen LogP contribution in [0.1, 0.15) is 30.9 Å². The van der Waals surface area contributed by atoms with Crippen molar-refractivity contribution in [2.24, 2.45) is 5.73 Å². The third-order valence-corrected chi connectivity index (χ3v) is 2.87. The molecule has 0 fully saturated rings. The average molecular weight is 231 g/mol. The molecule has 0 radical (unpaired) electrons. The van der Waals surface area contributed by atoms with Gasteiger partial charge in [-0.25, -0.2) is 0 Å². The molecular weight excluding hydrogens is 214 g/mol. The normalized spacial score (nSPS) is 10.8. The number of aryl methyl sites for hydroxylation is 2. The Morgan fingerprint density at radius 3 is 2.29 bits per heavy atom. The predicted molar refractivity (Wildman–Crippen MR) is 66.4 cm³/mol. The van der Waals surface area contributed by atoms with Gasteiger partial charge in [0.25, 0.3) is 0 Å². The third-order valence-electron chi connectivity index (χ3n) is 2.87. The minimum absolute atomic E-state index is 0.281. The van der Waals surface area contributed by atoms with E-state index in [0.717, 1.165) is 18.4 Å². The first-order valence-electron chi connectivity index (χ1n) is 5.93. The topological polar surface area (TPSA) is 64.9 Å². The van der Waals surface area contributed by atoms with E-state index in [1.807, 2.05) is 0 Å². The second-order valence-electron chi connectivity index (χ2n) is 3.87. The van der Waals surface area contributed by atoms with Gasteiger partial charge in [0.05, 0.1) is 6.54 Å². The highest BCUT2D eigenvalue weighted by Crippen LogP contribution is 2.26. The second-order valence-corrected chi connectivity index (χ2v) is 3.87. The molecule has 0 spiro atoms. The fourth-order valence-corrected chi connectivity index (χ4v) is 1.97. The van der Waals surface area contributed by atoms with Crippen LogP contribution in [0.5, 0.6) is 0 Å². The molecule has 2 N–H and O–H groups in total. The molecule has 1 aromatic carbocycles. The molecule has 0 saturated heterocycles. The largest absolute Gasteiger partial charge is 0.338 e. The molecule has 0 atom stereocenters. The summed E-state index contributed by atoms with van der Waals surface area (Å²) >= 11 is 0. The monoisotopic (exact) mass is 231 g/mol. The molecule has 0 aliphatic carbocycles. The standard InChI is InChI=1S/C13H17N3O/c1-3-9-6-5-7-10(4-2)12(9)13-15-11(8-14)17-16-13/h5-7H,3-4,8,14H2,1-2H3. The van der Waals surface area contributed by atoms with E-state index in [1.54, 1.807) is 0 Å². The fourth-order valence-electron chi connectivity index (χ4n) is 1.97. The summed E-state index contributed by atoms with van der Waals surface area (Å²) in [4.78, 5) is 4.31. The first-order chi connectivity index (χ1) is 8.30. The Bertz CT molecular complexity index is 483. The smallest absolute Gasteiger partial charge is 0.240 e. The van der Waals surface area contributed by atoms with E-state index < -0.39 is 0 Å². The molecule has 2 aromatic rings. The van der Waals surface area contributed by atoms with Gasteiger partial charge in [-0.05, 0) is 24.0 Å². The van der Waals surface area contributed by atoms with Gasteiger partial charge in [0.2, 0.25) is 11.7 Å². The molecule has 0 bridgehead atoms. The molecule has 0 amide bonds. The van der Waals surface area contributed by atoms with Crippen LogP contribution in [-0.2, 0) is 19.4 Å². The second kappa shape index (κ2) is 5.10. The summed E-state index contributed by atoms with van der Waals surface area (Å²) < 4.78 is 5.08. The summed E-state index contributed by atoms with van der Waals surface area (Å²) in [6, 6.07) is 6.28. The highest BCUT2D eigenvalue weighted by molar-refractivity contribution is 5.64. The van der Waals surface area contributed by atoms with Gasteiger partial charge in [-0.2, -0.15) is 4.98 Å². The van der Waals surface area contributed by atoms with Gasteiger partial charge >= 0.3 is 0 Å². The Balaban J connectivity index is 2.55. The molecule has 0 unspecified atom stereocenters. The highest BCUT2D eigenvalue weighted by atomic mass is 16.5. The maximum atomic E-state index is 5.49. The molecule has 0 aliphatic heterocycles. The average Bonchev–Trinajstić information content (AvgIpc) is 2.86. The number of aromatic nitrogens is 2. The van der Waals surface area contributed by atoms with Crippen LogP contribution in [0, 0.1) is 0 Å². The van der Waals surface area contributed by atoms with E-state index >= 15 is 0 Å². The first-order valence-corrected chi connectivity index (χ1v) is 5.93. The van der Waals surface area contributed by atoms with Gasteiger partial charge in [-0.3, -0.25) is 0 Å². The quantitative estimate of drug-likeness (QED) is 0.877. The minimum Gasteiger partial charge on any atom is -0.338 e. The summed E-state index contributed by atoms with van der Waals surface area (Å²) in [6.45, 7) is 4.53. The Kier molecular flexibility index (Phi) is 3.54. The van der Waals surface area contributed by atoms with Crippen molar-refractivity contribution in [1.29, 1.82) is 0 Å². The van der Waals surface area contributed by atoms with Crippen molar-refractivity contribution in [1.82, 2.24) is 10.1 Å². The lowest BCUT2D eigenvalue weighted by Gasteiger charge is -2.08. The van der Waals surface area contributed by atoms with E-state index in [2.05, 4.69) is 42.2 Å². The highest BCUT2D eigenvalue weighted by Gasteiger charge is 2.14. The number of hydrogen-bond donors (Lipinski definition) is 1. The van der Waals surface area contributed by atoms with Crippen LogP contribution in [0.3, 0.4) is 0 Å². The van der Waals surface area contributed by atoms with Crippen molar-refractivity contribution >= 4 is 0 Å². The van der Waals surface area contributed by atoms with Gasteiger partial charge in [-0.15, -0.1) is 0 Å². The van der Waals surface area contributed by atoms with Crippen molar-refractivity contribution in [2.75, 3.05) is 0 Å². The van der Waals surface area contributed by atoms with Crippen molar-refractivity contribution in [2.45, 2.75) is 33.2 Å². The molecule has 90 valence electrons. The number of nitrogens with two attached hydrogens (primary N) is 1. The van der Waals surface area contributed by atoms with Crippen LogP contribution in [0.2, 0.25) is 0 Å². The lowest BCUT2D eigenvalue weighted by atomic mass is 9.97. The van der Waals surface area contributed by atoms with E-state index in [-0.39, 0.29) is 6.54 Å². The maximum absolute atomic E-state index is 5.49. The van der Waals surface area contributed by atoms with E-state index in [0.29, 0.717) is 11.7 Å². The Morgan fingerprint density at radius 1 is 1.18 bits per heavy atom. The summed E-state index contributed by atoms with van der Waals surface area (Å²) in [5.41, 5.74) is 9.07. The van der Waals surface area contributed by atoms with Crippen molar-refractivity contribution < 1.29 is 4.52 Å². The third kappa shape index (κ3) is 2.22. The number of rotatable bonds is 4. The molecular formula is C13H17N3O.